The molecule has 0 aliphatic heterocycles. The van der Waals surface area contributed by atoms with Crippen molar-refractivity contribution in [3.63, 3.8) is 0 Å². The van der Waals surface area contributed by atoms with Gasteiger partial charge >= 0.3 is 11.9 Å². The normalized spacial score (nSPS) is 12.6. The Kier molecular flexibility index (Phi) is 34.9. The number of hydrogen-bond acceptors (Lipinski definition) is 7. The maximum atomic E-state index is 12.5. The van der Waals surface area contributed by atoms with Crippen LogP contribution in [-0.4, -0.2) is 48.5 Å². The molecule has 0 fully saturated rings. The highest BCUT2D eigenvalue weighted by atomic mass is 32.2. The van der Waals surface area contributed by atoms with Crippen molar-refractivity contribution < 1.29 is 23.9 Å². The average molecular weight is 655 g/mol. The molecule has 2 atom stereocenters. The van der Waals surface area contributed by atoms with E-state index in [1.807, 2.05) is 0 Å². The SMILES string of the molecule is CCCCCCCCCCCCCCCC(=O)OC[C@H](CSCC(N)[C]=O)OC(=O)CCCCCCCCCCCCCCC. The molecule has 0 saturated carbocycles. The lowest BCUT2D eigenvalue weighted by atomic mass is 10.0. The van der Waals surface area contributed by atoms with Crippen LogP contribution < -0.4 is 5.73 Å². The lowest BCUT2D eigenvalue weighted by Gasteiger charge is -2.18. The minimum absolute atomic E-state index is 0.0503. The van der Waals surface area contributed by atoms with Gasteiger partial charge in [-0.1, -0.05) is 168 Å². The summed E-state index contributed by atoms with van der Waals surface area (Å²) < 4.78 is 11.1. The summed E-state index contributed by atoms with van der Waals surface area (Å²) >= 11 is 1.42. The summed E-state index contributed by atoms with van der Waals surface area (Å²) in [6.07, 6.45) is 34.8. The van der Waals surface area contributed by atoms with Gasteiger partial charge in [-0.25, -0.2) is 0 Å². The highest BCUT2D eigenvalue weighted by molar-refractivity contribution is 7.99. The molecule has 1 unspecified atom stereocenters. The van der Waals surface area contributed by atoms with Gasteiger partial charge in [0, 0.05) is 24.3 Å². The van der Waals surface area contributed by atoms with Crippen LogP contribution in [0, 0.1) is 0 Å². The predicted molar refractivity (Wildman–Crippen MR) is 192 cm³/mol. The van der Waals surface area contributed by atoms with Gasteiger partial charge in [0.2, 0.25) is 6.29 Å². The molecular formula is C38H72NO5S. The Morgan fingerprint density at radius 1 is 0.556 bits per heavy atom. The summed E-state index contributed by atoms with van der Waals surface area (Å²) in [4.78, 5) is 35.6. The van der Waals surface area contributed by atoms with E-state index >= 15 is 0 Å². The van der Waals surface area contributed by atoms with Gasteiger partial charge in [0.25, 0.3) is 0 Å². The highest BCUT2D eigenvalue weighted by Crippen LogP contribution is 2.16. The van der Waals surface area contributed by atoms with Crippen LogP contribution in [0.3, 0.4) is 0 Å². The van der Waals surface area contributed by atoms with Gasteiger partial charge in [0.1, 0.15) is 12.7 Å². The molecule has 0 aromatic rings. The summed E-state index contributed by atoms with van der Waals surface area (Å²) in [5.74, 6) is 0.343. The van der Waals surface area contributed by atoms with Crippen LogP contribution in [0.1, 0.15) is 194 Å². The van der Waals surface area contributed by atoms with Crippen molar-refractivity contribution in [3.05, 3.63) is 0 Å². The Labute approximate surface area is 282 Å². The highest BCUT2D eigenvalue weighted by Gasteiger charge is 2.18. The third-order valence-electron chi connectivity index (χ3n) is 8.45. The molecule has 0 rings (SSSR count). The number of ether oxygens (including phenoxy) is 2. The van der Waals surface area contributed by atoms with Crippen LogP contribution in [0.15, 0.2) is 0 Å². The molecule has 0 aromatic heterocycles. The van der Waals surface area contributed by atoms with Crippen molar-refractivity contribution in [1.29, 1.82) is 0 Å². The van der Waals surface area contributed by atoms with Gasteiger partial charge in [-0.05, 0) is 12.8 Å². The lowest BCUT2D eigenvalue weighted by molar-refractivity contribution is -0.157. The molecule has 0 amide bonds. The quantitative estimate of drug-likeness (QED) is 0.0530. The summed E-state index contributed by atoms with van der Waals surface area (Å²) in [5.41, 5.74) is 5.65. The van der Waals surface area contributed by atoms with E-state index < -0.39 is 12.1 Å². The zero-order valence-corrected chi connectivity index (χ0v) is 30.4. The Bertz CT molecular complexity index is 662. The molecule has 0 spiro atoms. The molecule has 45 heavy (non-hydrogen) atoms. The second-order valence-electron chi connectivity index (χ2n) is 13.0. The predicted octanol–water partition coefficient (Wildman–Crippen LogP) is 10.6. The van der Waals surface area contributed by atoms with Gasteiger partial charge in [0.15, 0.2) is 0 Å². The first-order chi connectivity index (χ1) is 22.0. The molecule has 2 N–H and O–H groups in total. The van der Waals surface area contributed by atoms with E-state index in [9.17, 15) is 14.4 Å². The molecule has 1 radical (unpaired) electrons. The molecule has 0 heterocycles. The Balaban J connectivity index is 3.98. The van der Waals surface area contributed by atoms with Crippen molar-refractivity contribution >= 4 is 30.0 Å². The maximum Gasteiger partial charge on any atom is 0.306 e. The molecule has 7 heteroatoms. The number of rotatable bonds is 36. The van der Waals surface area contributed by atoms with E-state index in [1.54, 1.807) is 6.29 Å². The second-order valence-corrected chi connectivity index (χ2v) is 14.1. The third kappa shape index (κ3) is 34.1. The minimum atomic E-state index is -0.671. The van der Waals surface area contributed by atoms with Crippen molar-refractivity contribution in [1.82, 2.24) is 0 Å². The largest absolute Gasteiger partial charge is 0.462 e. The van der Waals surface area contributed by atoms with Crippen LogP contribution in [0.2, 0.25) is 0 Å². The van der Waals surface area contributed by atoms with E-state index in [2.05, 4.69) is 13.8 Å². The summed E-state index contributed by atoms with van der Waals surface area (Å²) in [6.45, 7) is 4.57. The summed E-state index contributed by atoms with van der Waals surface area (Å²) in [6, 6.07) is -0.671. The Hall–Kier alpha value is -1.08. The summed E-state index contributed by atoms with van der Waals surface area (Å²) in [7, 11) is 0. The van der Waals surface area contributed by atoms with Crippen molar-refractivity contribution in [2.45, 2.75) is 206 Å². The zero-order chi connectivity index (χ0) is 33.1. The van der Waals surface area contributed by atoms with Gasteiger partial charge in [-0.2, -0.15) is 11.8 Å². The summed E-state index contributed by atoms with van der Waals surface area (Å²) in [5, 5.41) is 0. The van der Waals surface area contributed by atoms with Crippen LogP contribution in [0.5, 0.6) is 0 Å². The first kappa shape index (κ1) is 43.9. The molecule has 0 aliphatic carbocycles. The van der Waals surface area contributed by atoms with Crippen molar-refractivity contribution in [2.75, 3.05) is 18.1 Å². The van der Waals surface area contributed by atoms with E-state index in [1.165, 1.54) is 140 Å². The molecule has 0 aromatic carbocycles. The first-order valence-corrected chi connectivity index (χ1v) is 20.2. The van der Waals surface area contributed by atoms with E-state index in [0.29, 0.717) is 24.3 Å². The van der Waals surface area contributed by atoms with E-state index in [0.717, 1.165) is 38.5 Å². The number of hydrogen-bond donors (Lipinski definition) is 1. The number of carbonyl (C=O) groups excluding carboxylic acids is 3. The average Bonchev–Trinajstić information content (AvgIpc) is 3.04. The van der Waals surface area contributed by atoms with Crippen molar-refractivity contribution in [2.24, 2.45) is 5.73 Å². The third-order valence-corrected chi connectivity index (χ3v) is 9.65. The molecule has 6 nitrogen and oxygen atoms in total. The smallest absolute Gasteiger partial charge is 0.306 e. The van der Waals surface area contributed by atoms with Gasteiger partial charge in [-0.3, -0.25) is 14.4 Å². The molecule has 0 saturated heterocycles. The number of carbonyl (C=O) groups is 2. The van der Waals surface area contributed by atoms with Gasteiger partial charge in [-0.15, -0.1) is 0 Å². The topological polar surface area (TPSA) is 95.7 Å². The standard InChI is InChI=1S/C38H72NO5S/c1-3-5-7-9-11-13-15-17-19-21-23-25-27-29-37(41)43-32-36(34-45-33-35(39)31-40)44-38(42)30-28-26-24-22-20-18-16-14-12-10-8-6-4-2/h35-36H,3-30,32-34,39H2,1-2H3/t35?,36-/m1/s1. The van der Waals surface area contributed by atoms with E-state index in [-0.39, 0.29) is 18.5 Å². The van der Waals surface area contributed by atoms with Crippen molar-refractivity contribution in [3.8, 4) is 0 Å². The van der Waals surface area contributed by atoms with E-state index in [4.69, 9.17) is 15.2 Å². The first-order valence-electron chi connectivity index (χ1n) is 19.1. The molecule has 265 valence electrons. The Morgan fingerprint density at radius 3 is 1.29 bits per heavy atom. The number of esters is 2. The fourth-order valence-corrected chi connectivity index (χ4v) is 6.44. The van der Waals surface area contributed by atoms with Crippen LogP contribution in [0.4, 0.5) is 0 Å². The fourth-order valence-electron chi connectivity index (χ4n) is 5.55. The number of thioether (sulfide) groups is 1. The number of nitrogens with two attached hydrogens (primary N) is 1. The van der Waals surface area contributed by atoms with Crippen LogP contribution in [-0.2, 0) is 23.9 Å². The Morgan fingerprint density at radius 2 is 0.911 bits per heavy atom. The number of unbranched alkanes of at least 4 members (excludes halogenated alkanes) is 24. The molecule has 0 bridgehead atoms. The van der Waals surface area contributed by atoms with Crippen LogP contribution in [0.25, 0.3) is 0 Å². The molecule has 0 aliphatic rings. The fraction of sp³-hybridized carbons (Fsp3) is 0.921. The van der Waals surface area contributed by atoms with Gasteiger partial charge in [0.05, 0.1) is 6.04 Å². The molecular weight excluding hydrogens is 582 g/mol. The zero-order valence-electron chi connectivity index (χ0n) is 29.6. The monoisotopic (exact) mass is 655 g/mol. The second kappa shape index (κ2) is 35.8. The minimum Gasteiger partial charge on any atom is -0.462 e. The lowest BCUT2D eigenvalue weighted by Crippen LogP contribution is -2.29. The van der Waals surface area contributed by atoms with Gasteiger partial charge < -0.3 is 15.2 Å². The maximum absolute atomic E-state index is 12.5. The van der Waals surface area contributed by atoms with Crippen LogP contribution >= 0.6 is 11.8 Å².